The highest BCUT2D eigenvalue weighted by atomic mass is 35.5. The van der Waals surface area contributed by atoms with Gasteiger partial charge in [-0.1, -0.05) is 41.7 Å². The molecule has 0 amide bonds. The van der Waals surface area contributed by atoms with E-state index in [4.69, 9.17) is 34.8 Å². The van der Waals surface area contributed by atoms with Crippen molar-refractivity contribution in [1.29, 1.82) is 0 Å². The molecule has 2 rings (SSSR count). The van der Waals surface area contributed by atoms with E-state index in [2.05, 4.69) is 9.97 Å². The molecule has 0 fully saturated rings. The molecule has 0 bridgehead atoms. The maximum Gasteiger partial charge on any atom is 0.306 e. The Balaban J connectivity index is 0.000000231. The van der Waals surface area contributed by atoms with Gasteiger partial charge in [0.15, 0.2) is 0 Å². The number of nitrogens with zero attached hydrogens (tertiary/aromatic N) is 4. The third kappa shape index (κ3) is 5.59. The summed E-state index contributed by atoms with van der Waals surface area (Å²) < 4.78 is 0. The van der Waals surface area contributed by atoms with Gasteiger partial charge < -0.3 is 0 Å². The summed E-state index contributed by atoms with van der Waals surface area (Å²) in [7, 11) is 0. The van der Waals surface area contributed by atoms with Crippen LogP contribution in [0.1, 0.15) is 12.5 Å². The second kappa shape index (κ2) is 8.56. The third-order valence-electron chi connectivity index (χ3n) is 2.51. The van der Waals surface area contributed by atoms with Crippen LogP contribution in [0.2, 0.25) is 15.3 Å². The number of hydrogen-bond donors (Lipinski definition) is 0. The summed E-state index contributed by atoms with van der Waals surface area (Å²) >= 11 is 16.4. The van der Waals surface area contributed by atoms with Gasteiger partial charge in [-0.05, 0) is 12.5 Å². The highest BCUT2D eigenvalue weighted by Gasteiger charge is 2.13. The first-order valence-electron chi connectivity index (χ1n) is 6.00. The van der Waals surface area contributed by atoms with Gasteiger partial charge in [-0.25, -0.2) is 9.97 Å². The second-order valence-electron chi connectivity index (χ2n) is 3.96. The Labute approximate surface area is 145 Å². The first kappa shape index (κ1) is 19.0. The predicted molar refractivity (Wildman–Crippen MR) is 86.2 cm³/mol. The summed E-state index contributed by atoms with van der Waals surface area (Å²) in [5, 5.41) is 21.0. The highest BCUT2D eigenvalue weighted by Crippen LogP contribution is 2.24. The van der Waals surface area contributed by atoms with Crippen LogP contribution in [-0.4, -0.2) is 19.8 Å². The van der Waals surface area contributed by atoms with Crippen LogP contribution in [-0.2, 0) is 6.42 Å². The molecule has 0 saturated heterocycles. The van der Waals surface area contributed by atoms with Crippen LogP contribution >= 0.6 is 34.8 Å². The van der Waals surface area contributed by atoms with Gasteiger partial charge >= 0.3 is 5.69 Å². The van der Waals surface area contributed by atoms with Crippen molar-refractivity contribution in [3.05, 3.63) is 65.6 Å². The van der Waals surface area contributed by atoms with Gasteiger partial charge in [0.2, 0.25) is 0 Å². The molecule has 0 aliphatic heterocycles. The van der Waals surface area contributed by atoms with Gasteiger partial charge in [-0.2, -0.15) is 0 Å². The minimum Gasteiger partial charge on any atom is -0.258 e. The van der Waals surface area contributed by atoms with Crippen LogP contribution in [0.15, 0.2) is 24.5 Å². The molecule has 0 aliphatic carbocycles. The van der Waals surface area contributed by atoms with Crippen LogP contribution in [0, 0.1) is 20.2 Å². The van der Waals surface area contributed by atoms with Crippen molar-refractivity contribution in [3.63, 3.8) is 0 Å². The van der Waals surface area contributed by atoms with Crippen molar-refractivity contribution in [3.8, 4) is 0 Å². The van der Waals surface area contributed by atoms with E-state index in [0.717, 1.165) is 6.20 Å². The summed E-state index contributed by atoms with van der Waals surface area (Å²) in [6, 6.07) is 2.74. The maximum atomic E-state index is 10.4. The Kier molecular flexibility index (Phi) is 7.08. The fourth-order valence-corrected chi connectivity index (χ4v) is 2.06. The lowest BCUT2D eigenvalue weighted by atomic mass is 10.2. The monoisotopic (exact) mass is 378 g/mol. The third-order valence-corrected chi connectivity index (χ3v) is 3.22. The molecule has 2 aromatic heterocycles. The maximum absolute atomic E-state index is 10.4. The average molecular weight is 380 g/mol. The van der Waals surface area contributed by atoms with Gasteiger partial charge in [0, 0.05) is 11.6 Å². The molecule has 0 atom stereocenters. The normalized spacial score (nSPS) is 9.74. The second-order valence-corrected chi connectivity index (χ2v) is 5.14. The van der Waals surface area contributed by atoms with E-state index in [1.54, 1.807) is 0 Å². The van der Waals surface area contributed by atoms with E-state index in [-0.39, 0.29) is 26.7 Å². The number of halogens is 3. The molecule has 0 aromatic carbocycles. The van der Waals surface area contributed by atoms with Crippen molar-refractivity contribution in [2.45, 2.75) is 13.3 Å². The molecule has 0 unspecified atom stereocenters. The fourth-order valence-electron chi connectivity index (χ4n) is 1.44. The van der Waals surface area contributed by atoms with Gasteiger partial charge in [0.25, 0.3) is 5.69 Å². The molecule has 23 heavy (non-hydrogen) atoms. The van der Waals surface area contributed by atoms with E-state index in [9.17, 15) is 20.2 Å². The van der Waals surface area contributed by atoms with Crippen LogP contribution in [0.3, 0.4) is 0 Å². The molecule has 0 N–H and O–H groups in total. The summed E-state index contributed by atoms with van der Waals surface area (Å²) in [4.78, 5) is 26.6. The Morgan fingerprint density at radius 3 is 1.87 bits per heavy atom. The molecular weight excluding hydrogens is 371 g/mol. The molecule has 2 heterocycles. The number of rotatable bonds is 3. The van der Waals surface area contributed by atoms with Crippen LogP contribution in [0.5, 0.6) is 0 Å². The van der Waals surface area contributed by atoms with Crippen molar-refractivity contribution >= 4 is 46.2 Å². The Bertz CT molecular complexity index is 742. The van der Waals surface area contributed by atoms with Crippen LogP contribution in [0.25, 0.3) is 0 Å². The van der Waals surface area contributed by atoms with Crippen LogP contribution < -0.4 is 0 Å². The van der Waals surface area contributed by atoms with E-state index in [1.165, 1.54) is 18.3 Å². The smallest absolute Gasteiger partial charge is 0.258 e. The number of pyridine rings is 2. The van der Waals surface area contributed by atoms with E-state index >= 15 is 0 Å². The Hall–Kier alpha value is -2.03. The lowest BCUT2D eigenvalue weighted by Crippen LogP contribution is -1.95. The molecule has 2 aromatic rings. The molecule has 0 aliphatic rings. The van der Waals surface area contributed by atoms with Crippen LogP contribution in [0.4, 0.5) is 11.4 Å². The minimum atomic E-state index is -0.619. The lowest BCUT2D eigenvalue weighted by Gasteiger charge is -1.98. The zero-order chi connectivity index (χ0) is 17.6. The van der Waals surface area contributed by atoms with Gasteiger partial charge in [0.1, 0.15) is 27.7 Å². The quantitative estimate of drug-likeness (QED) is 0.441. The lowest BCUT2D eigenvalue weighted by molar-refractivity contribution is -0.385. The highest BCUT2D eigenvalue weighted by molar-refractivity contribution is 6.35. The van der Waals surface area contributed by atoms with Gasteiger partial charge in [-0.15, -0.1) is 0 Å². The largest absolute Gasteiger partial charge is 0.306 e. The molecule has 0 spiro atoms. The first-order valence-corrected chi connectivity index (χ1v) is 7.13. The molecule has 122 valence electrons. The average Bonchev–Trinajstić information content (AvgIpc) is 2.46. The Morgan fingerprint density at radius 1 is 0.957 bits per heavy atom. The zero-order valence-electron chi connectivity index (χ0n) is 11.6. The summed E-state index contributed by atoms with van der Waals surface area (Å²) in [6.07, 6.45) is 2.78. The minimum absolute atomic E-state index is 0.00463. The molecule has 0 radical (unpaired) electrons. The molecule has 8 nitrogen and oxygen atoms in total. The van der Waals surface area contributed by atoms with Gasteiger partial charge in [-0.3, -0.25) is 20.2 Å². The van der Waals surface area contributed by atoms with E-state index in [1.807, 2.05) is 6.92 Å². The van der Waals surface area contributed by atoms with Crippen molar-refractivity contribution in [2.24, 2.45) is 0 Å². The van der Waals surface area contributed by atoms with Crippen molar-refractivity contribution < 1.29 is 9.85 Å². The van der Waals surface area contributed by atoms with E-state index < -0.39 is 9.85 Å². The summed E-state index contributed by atoms with van der Waals surface area (Å²) in [5.74, 6) is 0. The van der Waals surface area contributed by atoms with Crippen molar-refractivity contribution in [2.75, 3.05) is 0 Å². The van der Waals surface area contributed by atoms with E-state index in [0.29, 0.717) is 12.0 Å². The fraction of sp³-hybridized carbons (Fsp3) is 0.167. The summed E-state index contributed by atoms with van der Waals surface area (Å²) in [5.41, 5.74) is 0.401. The zero-order valence-corrected chi connectivity index (χ0v) is 13.8. The number of hydrogen-bond acceptors (Lipinski definition) is 6. The van der Waals surface area contributed by atoms with Gasteiger partial charge in [0.05, 0.1) is 9.85 Å². The number of aryl methyl sites for hydroxylation is 1. The number of aromatic nitrogens is 2. The first-order chi connectivity index (χ1) is 10.8. The summed E-state index contributed by atoms with van der Waals surface area (Å²) in [6.45, 7) is 1.83. The molecule has 0 saturated carbocycles. The standard InChI is InChI=1S/C7H7ClN2O2.C5H2Cl2N2O2/c1-2-5-3-7(8)9-4-6(5)10(11)12;6-3-1-5(7)8-2-4(3)9(10)11/h3-4H,2H2,1H3;1-2H. The topological polar surface area (TPSA) is 112 Å². The molecule has 11 heteroatoms. The van der Waals surface area contributed by atoms with Crippen molar-refractivity contribution in [1.82, 2.24) is 9.97 Å². The number of nitro groups is 2. The SMILES string of the molecule is CCc1cc(Cl)ncc1[N+](=O)[O-].O=[N+]([O-])c1cnc(Cl)cc1Cl. The predicted octanol–water partition coefficient (Wildman–Crippen LogP) is 4.50. The Morgan fingerprint density at radius 2 is 1.43 bits per heavy atom. The molecular formula is C12H9Cl3N4O4.